The largest absolute Gasteiger partial charge is 0.391 e. The topological polar surface area (TPSA) is 57.6 Å². The summed E-state index contributed by atoms with van der Waals surface area (Å²) in [5.41, 5.74) is 1.06. The Kier molecular flexibility index (Phi) is 4.04. The molecule has 1 aromatic rings. The summed E-state index contributed by atoms with van der Waals surface area (Å²) >= 11 is 0. The summed E-state index contributed by atoms with van der Waals surface area (Å²) in [6, 6.07) is 9.38. The van der Waals surface area contributed by atoms with Crippen molar-refractivity contribution in [1.29, 1.82) is 0 Å². The zero-order valence-corrected chi connectivity index (χ0v) is 11.3. The van der Waals surface area contributed by atoms with Crippen LogP contribution in [0.1, 0.15) is 18.9 Å². The summed E-state index contributed by atoms with van der Waals surface area (Å²) in [5, 5.41) is 9.97. The summed E-state index contributed by atoms with van der Waals surface area (Å²) < 4.78 is 25.4. The van der Waals surface area contributed by atoms with E-state index in [2.05, 4.69) is 0 Å². The van der Waals surface area contributed by atoms with Gasteiger partial charge in [0.25, 0.3) is 0 Å². The van der Waals surface area contributed by atoms with Gasteiger partial charge in [-0.3, -0.25) is 0 Å². The molecule has 1 aromatic carbocycles. The Balaban J connectivity index is 2.19. The average molecular weight is 269 g/mol. The standard InChI is InChI=1S/C13H19NO3S/c1-2-18(16,17)14-9-8-13(15)12(14)10-11-6-4-3-5-7-11/h3-7,12-13,15H,2,8-10H2,1H3/t12-,13+/m0/s1. The van der Waals surface area contributed by atoms with Crippen molar-refractivity contribution in [2.45, 2.75) is 31.9 Å². The van der Waals surface area contributed by atoms with Crippen molar-refractivity contribution in [2.75, 3.05) is 12.3 Å². The molecule has 5 heteroatoms. The van der Waals surface area contributed by atoms with Gasteiger partial charge in [-0.15, -0.1) is 0 Å². The van der Waals surface area contributed by atoms with Crippen LogP contribution < -0.4 is 0 Å². The molecule has 100 valence electrons. The third-order valence-electron chi connectivity index (χ3n) is 3.47. The molecular formula is C13H19NO3S. The van der Waals surface area contributed by atoms with Crippen molar-refractivity contribution in [2.24, 2.45) is 0 Å². The van der Waals surface area contributed by atoms with Crippen molar-refractivity contribution in [1.82, 2.24) is 4.31 Å². The highest BCUT2D eigenvalue weighted by molar-refractivity contribution is 7.89. The van der Waals surface area contributed by atoms with Gasteiger partial charge in [0.05, 0.1) is 17.9 Å². The van der Waals surface area contributed by atoms with Gasteiger partial charge in [-0.05, 0) is 25.3 Å². The number of sulfonamides is 1. The van der Waals surface area contributed by atoms with Crippen molar-refractivity contribution in [3.05, 3.63) is 35.9 Å². The Morgan fingerprint density at radius 2 is 2.00 bits per heavy atom. The molecule has 2 rings (SSSR count). The maximum absolute atomic E-state index is 12.0. The van der Waals surface area contributed by atoms with Gasteiger partial charge in [0.2, 0.25) is 10.0 Å². The monoisotopic (exact) mass is 269 g/mol. The summed E-state index contributed by atoms with van der Waals surface area (Å²) in [6.45, 7) is 2.06. The van der Waals surface area contributed by atoms with Gasteiger partial charge >= 0.3 is 0 Å². The molecule has 1 aliphatic rings. The number of nitrogens with zero attached hydrogens (tertiary/aromatic N) is 1. The molecule has 1 N–H and O–H groups in total. The van der Waals surface area contributed by atoms with E-state index in [9.17, 15) is 13.5 Å². The van der Waals surface area contributed by atoms with Crippen molar-refractivity contribution in [3.63, 3.8) is 0 Å². The predicted octanol–water partition coefficient (Wildman–Crippen LogP) is 1.01. The molecule has 0 unspecified atom stereocenters. The lowest BCUT2D eigenvalue weighted by atomic mass is 10.0. The zero-order chi connectivity index (χ0) is 13.2. The van der Waals surface area contributed by atoms with Crippen LogP contribution in [0.5, 0.6) is 0 Å². The van der Waals surface area contributed by atoms with Crippen LogP contribution in [-0.2, 0) is 16.4 Å². The smallest absolute Gasteiger partial charge is 0.214 e. The van der Waals surface area contributed by atoms with Gasteiger partial charge in [0.1, 0.15) is 0 Å². The van der Waals surface area contributed by atoms with E-state index in [4.69, 9.17) is 0 Å². The molecule has 0 saturated carbocycles. The van der Waals surface area contributed by atoms with E-state index < -0.39 is 16.1 Å². The lowest BCUT2D eigenvalue weighted by Gasteiger charge is -2.25. The van der Waals surface area contributed by atoms with Gasteiger partial charge in [0.15, 0.2) is 0 Å². The first-order chi connectivity index (χ1) is 8.54. The zero-order valence-electron chi connectivity index (χ0n) is 10.5. The molecule has 0 spiro atoms. The highest BCUT2D eigenvalue weighted by Gasteiger charge is 2.39. The Morgan fingerprint density at radius 1 is 1.33 bits per heavy atom. The van der Waals surface area contributed by atoms with Gasteiger partial charge in [-0.2, -0.15) is 4.31 Å². The molecule has 2 atom stereocenters. The molecule has 0 amide bonds. The first-order valence-electron chi connectivity index (χ1n) is 6.26. The second-order valence-corrected chi connectivity index (χ2v) is 6.83. The predicted molar refractivity (Wildman–Crippen MR) is 70.7 cm³/mol. The molecule has 1 aliphatic heterocycles. The maximum atomic E-state index is 12.0. The second-order valence-electron chi connectivity index (χ2n) is 4.62. The fourth-order valence-electron chi connectivity index (χ4n) is 2.41. The quantitative estimate of drug-likeness (QED) is 0.887. The van der Waals surface area contributed by atoms with Crippen LogP contribution >= 0.6 is 0 Å². The lowest BCUT2D eigenvalue weighted by molar-refractivity contribution is 0.142. The molecule has 1 heterocycles. The minimum Gasteiger partial charge on any atom is -0.391 e. The number of benzene rings is 1. The first kappa shape index (κ1) is 13.5. The average Bonchev–Trinajstić information content (AvgIpc) is 2.73. The van der Waals surface area contributed by atoms with E-state index in [1.54, 1.807) is 6.92 Å². The molecule has 18 heavy (non-hydrogen) atoms. The summed E-state index contributed by atoms with van der Waals surface area (Å²) in [5.74, 6) is 0.0883. The fourth-order valence-corrected chi connectivity index (χ4v) is 3.76. The summed E-state index contributed by atoms with van der Waals surface area (Å²) in [7, 11) is -3.23. The van der Waals surface area contributed by atoms with Gasteiger partial charge in [0, 0.05) is 6.54 Å². The molecule has 0 radical (unpaired) electrons. The van der Waals surface area contributed by atoms with Gasteiger partial charge in [-0.25, -0.2) is 8.42 Å². The van der Waals surface area contributed by atoms with Crippen LogP contribution in [0.15, 0.2) is 30.3 Å². The Labute approximate surface area is 108 Å². The van der Waals surface area contributed by atoms with E-state index in [1.807, 2.05) is 30.3 Å². The number of rotatable bonds is 4. The van der Waals surface area contributed by atoms with E-state index in [-0.39, 0.29) is 11.8 Å². The lowest BCUT2D eigenvalue weighted by Crippen LogP contribution is -2.41. The third-order valence-corrected chi connectivity index (χ3v) is 5.37. The Bertz CT molecular complexity index is 486. The molecule has 0 aliphatic carbocycles. The normalized spacial score (nSPS) is 25.4. The number of aliphatic hydroxyl groups is 1. The molecule has 0 bridgehead atoms. The van der Waals surface area contributed by atoms with Crippen LogP contribution in [0, 0.1) is 0 Å². The molecule has 0 aromatic heterocycles. The van der Waals surface area contributed by atoms with E-state index in [0.29, 0.717) is 19.4 Å². The molecular weight excluding hydrogens is 250 g/mol. The summed E-state index contributed by atoms with van der Waals surface area (Å²) in [6.07, 6.45) is 0.532. The summed E-state index contributed by atoms with van der Waals surface area (Å²) in [4.78, 5) is 0. The molecule has 1 saturated heterocycles. The van der Waals surface area contributed by atoms with E-state index >= 15 is 0 Å². The molecule has 1 fully saturated rings. The van der Waals surface area contributed by atoms with E-state index in [0.717, 1.165) is 5.56 Å². The first-order valence-corrected chi connectivity index (χ1v) is 7.87. The van der Waals surface area contributed by atoms with Gasteiger partial charge < -0.3 is 5.11 Å². The van der Waals surface area contributed by atoms with Crippen molar-refractivity contribution in [3.8, 4) is 0 Å². The maximum Gasteiger partial charge on any atom is 0.214 e. The van der Waals surface area contributed by atoms with Crippen LogP contribution in [0.2, 0.25) is 0 Å². The highest BCUT2D eigenvalue weighted by atomic mass is 32.2. The molecule has 4 nitrogen and oxygen atoms in total. The van der Waals surface area contributed by atoms with Crippen LogP contribution in [0.25, 0.3) is 0 Å². The third kappa shape index (κ3) is 2.74. The van der Waals surface area contributed by atoms with Crippen LogP contribution in [-0.4, -0.2) is 42.3 Å². The van der Waals surface area contributed by atoms with Crippen molar-refractivity contribution < 1.29 is 13.5 Å². The van der Waals surface area contributed by atoms with E-state index in [1.165, 1.54) is 4.31 Å². The Hall–Kier alpha value is -0.910. The van der Waals surface area contributed by atoms with Crippen molar-refractivity contribution >= 4 is 10.0 Å². The van der Waals surface area contributed by atoms with Gasteiger partial charge in [-0.1, -0.05) is 30.3 Å². The van der Waals surface area contributed by atoms with Crippen LogP contribution in [0.4, 0.5) is 0 Å². The second kappa shape index (κ2) is 5.38. The fraction of sp³-hybridized carbons (Fsp3) is 0.538. The number of aliphatic hydroxyl groups excluding tert-OH is 1. The number of hydrogen-bond acceptors (Lipinski definition) is 3. The number of hydrogen-bond donors (Lipinski definition) is 1. The highest BCUT2D eigenvalue weighted by Crippen LogP contribution is 2.25. The minimum absolute atomic E-state index is 0.0883. The minimum atomic E-state index is -3.23. The Morgan fingerprint density at radius 3 is 2.61 bits per heavy atom. The SMILES string of the molecule is CCS(=O)(=O)N1CC[C@@H](O)[C@@H]1Cc1ccccc1. The van der Waals surface area contributed by atoms with Crippen LogP contribution in [0.3, 0.4) is 0 Å².